The van der Waals surface area contributed by atoms with Gasteiger partial charge in [0.1, 0.15) is 0 Å². The SMILES string of the molecule is C=CCC(CCCC)N1C(Nc2ccccc2)=C([N+](=O)[O-])C=CC1N. The Bertz CT molecular complexity index is 655. The van der Waals surface area contributed by atoms with Crippen LogP contribution < -0.4 is 11.1 Å². The lowest BCUT2D eigenvalue weighted by Crippen LogP contribution is -2.50. The topological polar surface area (TPSA) is 84.4 Å². The number of hydrogen-bond acceptors (Lipinski definition) is 5. The quantitative estimate of drug-likeness (QED) is 0.405. The van der Waals surface area contributed by atoms with Gasteiger partial charge >= 0.3 is 5.70 Å². The van der Waals surface area contributed by atoms with E-state index in [1.54, 1.807) is 6.08 Å². The number of nitro groups is 1. The number of nitrogens with two attached hydrogens (primary N) is 1. The van der Waals surface area contributed by atoms with Crippen molar-refractivity contribution in [2.75, 3.05) is 5.32 Å². The summed E-state index contributed by atoms with van der Waals surface area (Å²) in [7, 11) is 0. The number of anilines is 1. The van der Waals surface area contributed by atoms with Crippen molar-refractivity contribution in [1.82, 2.24) is 4.90 Å². The van der Waals surface area contributed by atoms with Crippen LogP contribution in [0.15, 0.2) is 66.7 Å². The maximum Gasteiger partial charge on any atom is 0.309 e. The second-order valence-corrected chi connectivity index (χ2v) is 6.06. The summed E-state index contributed by atoms with van der Waals surface area (Å²) in [4.78, 5) is 13.1. The normalized spacial score (nSPS) is 18.2. The minimum atomic E-state index is -0.420. The van der Waals surface area contributed by atoms with Crippen LogP contribution in [0.25, 0.3) is 0 Å². The first-order valence-corrected chi connectivity index (χ1v) is 8.62. The average molecular weight is 342 g/mol. The van der Waals surface area contributed by atoms with Gasteiger partial charge in [0.25, 0.3) is 0 Å². The van der Waals surface area contributed by atoms with Gasteiger partial charge in [-0.15, -0.1) is 6.58 Å². The van der Waals surface area contributed by atoms with Crippen molar-refractivity contribution < 1.29 is 4.92 Å². The Balaban J connectivity index is 2.43. The summed E-state index contributed by atoms with van der Waals surface area (Å²) < 4.78 is 0. The first kappa shape index (κ1) is 18.7. The zero-order chi connectivity index (χ0) is 18.2. The van der Waals surface area contributed by atoms with Crippen molar-refractivity contribution in [2.24, 2.45) is 5.73 Å². The van der Waals surface area contributed by atoms with E-state index in [1.807, 2.05) is 41.3 Å². The molecule has 2 unspecified atom stereocenters. The molecular weight excluding hydrogens is 316 g/mol. The van der Waals surface area contributed by atoms with E-state index in [4.69, 9.17) is 5.73 Å². The molecule has 0 radical (unpaired) electrons. The van der Waals surface area contributed by atoms with Gasteiger partial charge < -0.3 is 16.0 Å². The van der Waals surface area contributed by atoms with Crippen LogP contribution in [-0.2, 0) is 0 Å². The van der Waals surface area contributed by atoms with E-state index < -0.39 is 6.17 Å². The largest absolute Gasteiger partial charge is 0.336 e. The summed E-state index contributed by atoms with van der Waals surface area (Å²) in [5.74, 6) is 0.439. The van der Waals surface area contributed by atoms with E-state index in [0.717, 1.165) is 24.9 Å². The molecular formula is C19H26N4O2. The maximum absolute atomic E-state index is 11.6. The molecule has 0 aromatic heterocycles. The summed E-state index contributed by atoms with van der Waals surface area (Å²) in [6.07, 6.45) is 8.28. The Morgan fingerprint density at radius 3 is 2.76 bits per heavy atom. The Labute approximate surface area is 148 Å². The summed E-state index contributed by atoms with van der Waals surface area (Å²) in [5, 5.41) is 14.8. The smallest absolute Gasteiger partial charge is 0.309 e. The first-order chi connectivity index (χ1) is 12.1. The Hall–Kier alpha value is -2.60. The molecule has 1 aromatic carbocycles. The molecule has 2 atom stereocenters. The molecule has 1 aliphatic rings. The number of allylic oxidation sites excluding steroid dienone is 1. The summed E-state index contributed by atoms with van der Waals surface area (Å²) in [6.45, 7) is 5.96. The molecule has 6 nitrogen and oxygen atoms in total. The van der Waals surface area contributed by atoms with Crippen molar-refractivity contribution in [3.63, 3.8) is 0 Å². The standard InChI is InChI=1S/C19H26N4O2/c1-3-5-12-16(9-4-2)22-18(20)14-13-17(23(24)25)19(22)21-15-10-7-6-8-11-15/h4,6-8,10-11,13-14,16,18,21H,2-3,5,9,12,20H2,1H3. The third kappa shape index (κ3) is 4.70. The first-order valence-electron chi connectivity index (χ1n) is 8.62. The van der Waals surface area contributed by atoms with Crippen LogP contribution in [0.4, 0.5) is 5.69 Å². The number of rotatable bonds is 9. The van der Waals surface area contributed by atoms with Gasteiger partial charge in [-0.05, 0) is 31.1 Å². The molecule has 1 aliphatic heterocycles. The summed E-state index contributed by atoms with van der Waals surface area (Å²) in [6, 6.07) is 9.48. The molecule has 2 rings (SSSR count). The number of nitrogens with one attached hydrogen (secondary N) is 1. The van der Waals surface area contributed by atoms with E-state index in [9.17, 15) is 10.1 Å². The molecule has 1 heterocycles. The van der Waals surface area contributed by atoms with Crippen LogP contribution in [0.3, 0.4) is 0 Å². The van der Waals surface area contributed by atoms with Gasteiger partial charge in [0.2, 0.25) is 0 Å². The average Bonchev–Trinajstić information content (AvgIpc) is 2.60. The summed E-state index contributed by atoms with van der Waals surface area (Å²) in [5.41, 5.74) is 7.11. The van der Waals surface area contributed by atoms with Crippen molar-refractivity contribution >= 4 is 5.69 Å². The Kier molecular flexibility index (Phi) is 6.77. The van der Waals surface area contributed by atoms with Gasteiger partial charge in [0, 0.05) is 17.8 Å². The second-order valence-electron chi connectivity index (χ2n) is 6.06. The number of unbranched alkanes of at least 4 members (excludes halogenated alkanes) is 1. The van der Waals surface area contributed by atoms with E-state index in [0.29, 0.717) is 12.2 Å². The Morgan fingerprint density at radius 2 is 2.16 bits per heavy atom. The van der Waals surface area contributed by atoms with Crippen molar-refractivity contribution in [3.05, 3.63) is 76.8 Å². The van der Waals surface area contributed by atoms with Crippen LogP contribution >= 0.6 is 0 Å². The van der Waals surface area contributed by atoms with Gasteiger partial charge in [0.05, 0.1) is 11.1 Å². The molecule has 0 saturated carbocycles. The van der Waals surface area contributed by atoms with Gasteiger partial charge in [-0.25, -0.2) is 0 Å². The molecule has 134 valence electrons. The zero-order valence-electron chi connectivity index (χ0n) is 14.6. The van der Waals surface area contributed by atoms with E-state index in [-0.39, 0.29) is 16.7 Å². The molecule has 1 aromatic rings. The summed E-state index contributed by atoms with van der Waals surface area (Å²) >= 11 is 0. The second kappa shape index (κ2) is 9.03. The molecule has 0 saturated heterocycles. The van der Waals surface area contributed by atoms with Crippen LogP contribution in [0.2, 0.25) is 0 Å². The predicted molar refractivity (Wildman–Crippen MR) is 101 cm³/mol. The molecule has 6 heteroatoms. The van der Waals surface area contributed by atoms with Crippen LogP contribution in [0.1, 0.15) is 32.6 Å². The molecule has 0 amide bonds. The fourth-order valence-corrected chi connectivity index (χ4v) is 3.01. The minimum absolute atomic E-state index is 0.0242. The molecule has 25 heavy (non-hydrogen) atoms. The zero-order valence-corrected chi connectivity index (χ0v) is 14.6. The maximum atomic E-state index is 11.6. The lowest BCUT2D eigenvalue weighted by Gasteiger charge is -2.39. The Morgan fingerprint density at radius 1 is 1.44 bits per heavy atom. The van der Waals surface area contributed by atoms with Gasteiger partial charge in [-0.3, -0.25) is 10.1 Å². The van der Waals surface area contributed by atoms with E-state index in [1.165, 1.54) is 6.08 Å². The lowest BCUT2D eigenvalue weighted by atomic mass is 10.0. The van der Waals surface area contributed by atoms with Gasteiger partial charge in [0.15, 0.2) is 5.82 Å². The minimum Gasteiger partial charge on any atom is -0.336 e. The third-order valence-electron chi connectivity index (χ3n) is 4.23. The molecule has 0 bridgehead atoms. The number of nitrogens with zero attached hydrogens (tertiary/aromatic N) is 2. The number of para-hydroxylation sites is 1. The van der Waals surface area contributed by atoms with Crippen LogP contribution in [0, 0.1) is 10.1 Å². The number of hydrogen-bond donors (Lipinski definition) is 2. The molecule has 0 aliphatic carbocycles. The fraction of sp³-hybridized carbons (Fsp3) is 0.368. The highest BCUT2D eigenvalue weighted by Crippen LogP contribution is 2.28. The van der Waals surface area contributed by atoms with E-state index in [2.05, 4.69) is 18.8 Å². The van der Waals surface area contributed by atoms with Gasteiger partial charge in [-0.2, -0.15) is 0 Å². The third-order valence-corrected chi connectivity index (χ3v) is 4.23. The van der Waals surface area contributed by atoms with Crippen molar-refractivity contribution in [1.29, 1.82) is 0 Å². The number of benzene rings is 1. The monoisotopic (exact) mass is 342 g/mol. The van der Waals surface area contributed by atoms with Gasteiger partial charge in [-0.1, -0.05) is 44.0 Å². The molecule has 0 fully saturated rings. The molecule has 0 spiro atoms. The lowest BCUT2D eigenvalue weighted by molar-refractivity contribution is -0.421. The van der Waals surface area contributed by atoms with E-state index >= 15 is 0 Å². The molecule has 3 N–H and O–H groups in total. The van der Waals surface area contributed by atoms with Crippen LogP contribution in [-0.4, -0.2) is 22.0 Å². The predicted octanol–water partition coefficient (Wildman–Crippen LogP) is 3.84. The van der Waals surface area contributed by atoms with Crippen molar-refractivity contribution in [3.8, 4) is 0 Å². The van der Waals surface area contributed by atoms with Crippen molar-refractivity contribution in [2.45, 2.75) is 44.8 Å². The highest BCUT2D eigenvalue weighted by atomic mass is 16.6. The fourth-order valence-electron chi connectivity index (χ4n) is 3.01. The highest BCUT2D eigenvalue weighted by Gasteiger charge is 2.33. The highest BCUT2D eigenvalue weighted by molar-refractivity contribution is 5.50. The van der Waals surface area contributed by atoms with Crippen LogP contribution in [0.5, 0.6) is 0 Å².